The summed E-state index contributed by atoms with van der Waals surface area (Å²) in [5, 5.41) is 12.0. The minimum Gasteiger partial charge on any atom is -0.508 e. The highest BCUT2D eigenvalue weighted by molar-refractivity contribution is 6.39. The number of nitrogens with one attached hydrogen (secondary N) is 1. The molecule has 6 heteroatoms. The number of anilines is 1. The van der Waals surface area contributed by atoms with Crippen LogP contribution in [0, 0.1) is 6.92 Å². The van der Waals surface area contributed by atoms with Gasteiger partial charge in [-0.15, -0.1) is 0 Å². The van der Waals surface area contributed by atoms with E-state index in [4.69, 9.17) is 0 Å². The molecule has 1 aromatic heterocycles. The van der Waals surface area contributed by atoms with Gasteiger partial charge in [-0.1, -0.05) is 0 Å². The minimum absolute atomic E-state index is 0.115. The van der Waals surface area contributed by atoms with Gasteiger partial charge in [-0.2, -0.15) is 0 Å². The maximum absolute atomic E-state index is 12.3. The standard InChI is InChI=1S/C18H21N3O3/c1-3-21(11-8-14-6-9-19-10-7-14)18(24)17(23)20-16-5-4-15(22)12-13(16)2/h4-7,9-10,12,22H,3,8,11H2,1-2H3,(H,20,23). The third-order valence-corrected chi connectivity index (χ3v) is 3.74. The fourth-order valence-electron chi connectivity index (χ4n) is 2.32. The average Bonchev–Trinajstić information content (AvgIpc) is 2.58. The monoisotopic (exact) mass is 327 g/mol. The number of aromatic hydroxyl groups is 1. The maximum atomic E-state index is 12.3. The highest BCUT2D eigenvalue weighted by Crippen LogP contribution is 2.20. The maximum Gasteiger partial charge on any atom is 0.313 e. The SMILES string of the molecule is CCN(CCc1ccncc1)C(=O)C(=O)Nc1ccc(O)cc1C. The molecule has 126 valence electrons. The van der Waals surface area contributed by atoms with Crippen molar-refractivity contribution in [2.24, 2.45) is 0 Å². The lowest BCUT2D eigenvalue weighted by atomic mass is 10.2. The van der Waals surface area contributed by atoms with E-state index >= 15 is 0 Å². The lowest BCUT2D eigenvalue weighted by Crippen LogP contribution is -2.40. The van der Waals surface area contributed by atoms with Crippen LogP contribution in [0.1, 0.15) is 18.1 Å². The molecule has 24 heavy (non-hydrogen) atoms. The lowest BCUT2D eigenvalue weighted by molar-refractivity contribution is -0.143. The van der Waals surface area contributed by atoms with Gasteiger partial charge >= 0.3 is 11.8 Å². The number of aryl methyl sites for hydroxylation is 1. The predicted molar refractivity (Wildman–Crippen MR) is 91.7 cm³/mol. The molecular formula is C18H21N3O3. The van der Waals surface area contributed by atoms with Gasteiger partial charge in [0, 0.05) is 31.2 Å². The quantitative estimate of drug-likeness (QED) is 0.651. The van der Waals surface area contributed by atoms with Crippen molar-refractivity contribution in [3.63, 3.8) is 0 Å². The van der Waals surface area contributed by atoms with Gasteiger partial charge in [-0.3, -0.25) is 14.6 Å². The van der Waals surface area contributed by atoms with Crippen LogP contribution in [0.15, 0.2) is 42.7 Å². The van der Waals surface area contributed by atoms with E-state index in [0.29, 0.717) is 30.8 Å². The first-order valence-corrected chi connectivity index (χ1v) is 7.80. The van der Waals surface area contributed by atoms with Gasteiger partial charge in [0.2, 0.25) is 0 Å². The second-order valence-electron chi connectivity index (χ2n) is 5.44. The number of nitrogens with zero attached hydrogens (tertiary/aromatic N) is 2. The molecule has 2 amide bonds. The van der Waals surface area contributed by atoms with E-state index < -0.39 is 11.8 Å². The van der Waals surface area contributed by atoms with Crippen molar-refractivity contribution in [1.82, 2.24) is 9.88 Å². The fourth-order valence-corrected chi connectivity index (χ4v) is 2.32. The van der Waals surface area contributed by atoms with E-state index in [2.05, 4.69) is 10.3 Å². The number of amides is 2. The van der Waals surface area contributed by atoms with E-state index in [9.17, 15) is 14.7 Å². The smallest absolute Gasteiger partial charge is 0.313 e. The number of hydrogen-bond acceptors (Lipinski definition) is 4. The Labute approximate surface area is 141 Å². The molecule has 0 atom stereocenters. The van der Waals surface area contributed by atoms with Crippen LogP contribution in [-0.2, 0) is 16.0 Å². The second-order valence-corrected chi connectivity index (χ2v) is 5.44. The molecule has 2 aromatic rings. The van der Waals surface area contributed by atoms with E-state index in [1.807, 2.05) is 19.1 Å². The van der Waals surface area contributed by atoms with Crippen LogP contribution in [0.4, 0.5) is 5.69 Å². The zero-order valence-electron chi connectivity index (χ0n) is 13.8. The third-order valence-electron chi connectivity index (χ3n) is 3.74. The summed E-state index contributed by atoms with van der Waals surface area (Å²) in [5.41, 5.74) is 2.26. The zero-order valence-corrected chi connectivity index (χ0v) is 13.8. The van der Waals surface area contributed by atoms with Crippen molar-refractivity contribution < 1.29 is 14.7 Å². The molecule has 0 radical (unpaired) electrons. The number of carbonyl (C=O) groups excluding carboxylic acids is 2. The van der Waals surface area contributed by atoms with Gasteiger partial charge in [0.25, 0.3) is 0 Å². The topological polar surface area (TPSA) is 82.5 Å². The lowest BCUT2D eigenvalue weighted by Gasteiger charge is -2.20. The Hall–Kier alpha value is -2.89. The van der Waals surface area contributed by atoms with Crippen LogP contribution in [-0.4, -0.2) is 39.9 Å². The first kappa shape index (κ1) is 17.5. The van der Waals surface area contributed by atoms with Gasteiger partial charge in [0.15, 0.2) is 0 Å². The molecule has 0 fully saturated rings. The molecule has 0 aliphatic heterocycles. The van der Waals surface area contributed by atoms with Gasteiger partial charge in [0.05, 0.1) is 0 Å². The predicted octanol–water partition coefficient (Wildman–Crippen LogP) is 2.13. The summed E-state index contributed by atoms with van der Waals surface area (Å²) >= 11 is 0. The molecule has 0 spiro atoms. The van der Waals surface area contributed by atoms with E-state index in [1.54, 1.807) is 25.4 Å². The van der Waals surface area contributed by atoms with Crippen molar-refractivity contribution >= 4 is 17.5 Å². The molecule has 0 unspecified atom stereocenters. The van der Waals surface area contributed by atoms with Crippen molar-refractivity contribution in [3.8, 4) is 5.75 Å². The van der Waals surface area contributed by atoms with Gasteiger partial charge < -0.3 is 15.3 Å². The number of phenols is 1. The number of pyridine rings is 1. The summed E-state index contributed by atoms with van der Waals surface area (Å²) in [6, 6.07) is 8.34. The second kappa shape index (κ2) is 8.10. The molecule has 1 heterocycles. The Morgan fingerprint density at radius 1 is 1.21 bits per heavy atom. The van der Waals surface area contributed by atoms with Gasteiger partial charge in [-0.05, 0) is 61.7 Å². The summed E-state index contributed by atoms with van der Waals surface area (Å²) in [6.45, 7) is 4.50. The molecule has 1 aromatic carbocycles. The van der Waals surface area contributed by atoms with Crippen LogP contribution < -0.4 is 5.32 Å². The Kier molecular flexibility index (Phi) is 5.89. The van der Waals surface area contributed by atoms with Crippen molar-refractivity contribution in [2.45, 2.75) is 20.3 Å². The molecule has 0 aliphatic rings. The summed E-state index contributed by atoms with van der Waals surface area (Å²) in [5.74, 6) is -1.14. The molecule has 0 aliphatic carbocycles. The first-order chi connectivity index (χ1) is 11.5. The molecule has 0 bridgehead atoms. The average molecular weight is 327 g/mol. The number of carbonyl (C=O) groups is 2. The molecule has 6 nitrogen and oxygen atoms in total. The minimum atomic E-state index is -0.680. The Morgan fingerprint density at radius 2 is 1.92 bits per heavy atom. The van der Waals surface area contributed by atoms with Crippen LogP contribution in [0.25, 0.3) is 0 Å². The van der Waals surface area contributed by atoms with Crippen LogP contribution >= 0.6 is 0 Å². The number of rotatable bonds is 5. The van der Waals surface area contributed by atoms with E-state index in [0.717, 1.165) is 5.56 Å². The molecular weight excluding hydrogens is 306 g/mol. The zero-order chi connectivity index (χ0) is 17.5. The van der Waals surface area contributed by atoms with E-state index in [-0.39, 0.29) is 5.75 Å². The Morgan fingerprint density at radius 3 is 2.54 bits per heavy atom. The number of benzene rings is 1. The van der Waals surface area contributed by atoms with Crippen molar-refractivity contribution in [3.05, 3.63) is 53.9 Å². The van der Waals surface area contributed by atoms with Crippen LogP contribution in [0.5, 0.6) is 5.75 Å². The largest absolute Gasteiger partial charge is 0.508 e. The fraction of sp³-hybridized carbons (Fsp3) is 0.278. The number of aromatic nitrogens is 1. The highest BCUT2D eigenvalue weighted by atomic mass is 16.3. The van der Waals surface area contributed by atoms with Gasteiger partial charge in [-0.25, -0.2) is 0 Å². The van der Waals surface area contributed by atoms with Gasteiger partial charge in [0.1, 0.15) is 5.75 Å². The highest BCUT2D eigenvalue weighted by Gasteiger charge is 2.21. The first-order valence-electron chi connectivity index (χ1n) is 7.80. The normalized spacial score (nSPS) is 10.2. The van der Waals surface area contributed by atoms with Crippen LogP contribution in [0.3, 0.4) is 0 Å². The van der Waals surface area contributed by atoms with E-state index in [1.165, 1.54) is 17.0 Å². The number of phenolic OH excluding ortho intramolecular Hbond substituents is 1. The summed E-state index contributed by atoms with van der Waals surface area (Å²) in [4.78, 5) is 30.0. The molecule has 2 rings (SSSR count). The summed E-state index contributed by atoms with van der Waals surface area (Å²) < 4.78 is 0. The van der Waals surface area contributed by atoms with Crippen LogP contribution in [0.2, 0.25) is 0 Å². The number of likely N-dealkylation sites (N-methyl/N-ethyl adjacent to an activating group) is 1. The molecule has 0 saturated carbocycles. The summed E-state index contributed by atoms with van der Waals surface area (Å²) in [6.07, 6.45) is 4.06. The van der Waals surface area contributed by atoms with Crippen molar-refractivity contribution in [2.75, 3.05) is 18.4 Å². The Balaban J connectivity index is 1.98. The molecule has 2 N–H and O–H groups in total. The Bertz CT molecular complexity index is 717. The number of hydrogen-bond donors (Lipinski definition) is 2. The molecule has 0 saturated heterocycles. The third kappa shape index (κ3) is 4.55. The van der Waals surface area contributed by atoms with Crippen molar-refractivity contribution in [1.29, 1.82) is 0 Å². The summed E-state index contributed by atoms with van der Waals surface area (Å²) in [7, 11) is 0.